The Morgan fingerprint density at radius 3 is 3.00 bits per heavy atom. The van der Waals surface area contributed by atoms with Gasteiger partial charge < -0.3 is 19.1 Å². The molecule has 2 aromatic rings. The van der Waals surface area contributed by atoms with E-state index in [1.54, 1.807) is 24.4 Å². The lowest BCUT2D eigenvalue weighted by molar-refractivity contribution is -0.146. The van der Waals surface area contributed by atoms with Crippen LogP contribution in [0.4, 0.5) is 5.69 Å². The molecule has 0 saturated carbocycles. The molecule has 0 N–H and O–H groups in total. The molecule has 1 aromatic heterocycles. The quantitative estimate of drug-likeness (QED) is 0.801. The molecular weight excluding hydrogens is 358 g/mol. The van der Waals surface area contributed by atoms with Crippen molar-refractivity contribution >= 4 is 11.6 Å². The standard InChI is InChI=1S/C21H25N3O4/c1-26-19-6-2-4-17(10-19)12-23-8-9-27-16-21(14-23)15-24(20(25)13-28-21)18-5-3-7-22-11-18/h2-7,10-11H,8-9,12-16H2,1H3. The number of carbonyl (C=O) groups is 1. The predicted molar refractivity (Wildman–Crippen MR) is 104 cm³/mol. The zero-order chi connectivity index (χ0) is 19.4. The van der Waals surface area contributed by atoms with E-state index < -0.39 is 5.60 Å². The summed E-state index contributed by atoms with van der Waals surface area (Å²) in [5, 5.41) is 0. The molecule has 3 heterocycles. The lowest BCUT2D eigenvalue weighted by Crippen LogP contribution is -2.60. The van der Waals surface area contributed by atoms with E-state index in [-0.39, 0.29) is 12.5 Å². The highest BCUT2D eigenvalue weighted by atomic mass is 16.6. The molecule has 2 aliphatic heterocycles. The number of hydrogen-bond acceptors (Lipinski definition) is 6. The molecule has 1 unspecified atom stereocenters. The molecule has 2 aliphatic rings. The van der Waals surface area contributed by atoms with Crippen molar-refractivity contribution in [2.24, 2.45) is 0 Å². The number of aromatic nitrogens is 1. The number of nitrogens with zero attached hydrogens (tertiary/aromatic N) is 3. The Morgan fingerprint density at radius 1 is 1.25 bits per heavy atom. The van der Waals surface area contributed by atoms with Gasteiger partial charge in [0.05, 0.1) is 38.8 Å². The molecular formula is C21H25N3O4. The lowest BCUT2D eigenvalue weighted by Gasteiger charge is -2.43. The van der Waals surface area contributed by atoms with Gasteiger partial charge in [-0.2, -0.15) is 0 Å². The van der Waals surface area contributed by atoms with Crippen LogP contribution >= 0.6 is 0 Å². The molecule has 28 heavy (non-hydrogen) atoms. The number of rotatable bonds is 4. The Morgan fingerprint density at radius 2 is 2.18 bits per heavy atom. The molecule has 1 spiro atoms. The van der Waals surface area contributed by atoms with Crippen LogP contribution in [0.3, 0.4) is 0 Å². The van der Waals surface area contributed by atoms with Gasteiger partial charge in [0.15, 0.2) is 0 Å². The van der Waals surface area contributed by atoms with Gasteiger partial charge in [0.25, 0.3) is 5.91 Å². The largest absolute Gasteiger partial charge is 0.497 e. The Hall–Kier alpha value is -2.48. The summed E-state index contributed by atoms with van der Waals surface area (Å²) < 4.78 is 17.3. The molecule has 7 nitrogen and oxygen atoms in total. The second kappa shape index (κ2) is 8.26. The smallest absolute Gasteiger partial charge is 0.253 e. The van der Waals surface area contributed by atoms with Gasteiger partial charge >= 0.3 is 0 Å². The Kier molecular flexibility index (Phi) is 5.57. The van der Waals surface area contributed by atoms with Crippen LogP contribution in [0.2, 0.25) is 0 Å². The SMILES string of the molecule is COc1cccc(CN2CCOCC3(C2)CN(c2cccnc2)C(=O)CO3)c1. The zero-order valence-electron chi connectivity index (χ0n) is 16.0. The van der Waals surface area contributed by atoms with Crippen LogP contribution in [-0.4, -0.2) is 68.0 Å². The number of methoxy groups -OCH3 is 1. The van der Waals surface area contributed by atoms with Crippen molar-refractivity contribution in [1.29, 1.82) is 0 Å². The van der Waals surface area contributed by atoms with E-state index in [2.05, 4.69) is 16.0 Å². The number of ether oxygens (including phenoxy) is 3. The molecule has 0 radical (unpaired) electrons. The monoisotopic (exact) mass is 383 g/mol. The molecule has 0 bridgehead atoms. The van der Waals surface area contributed by atoms with Crippen molar-refractivity contribution in [2.75, 3.05) is 51.5 Å². The molecule has 148 valence electrons. The average Bonchev–Trinajstić information content (AvgIpc) is 2.93. The van der Waals surface area contributed by atoms with Crippen molar-refractivity contribution in [2.45, 2.75) is 12.1 Å². The maximum atomic E-state index is 12.5. The fourth-order valence-corrected chi connectivity index (χ4v) is 3.79. The second-order valence-corrected chi connectivity index (χ2v) is 7.28. The number of anilines is 1. The summed E-state index contributed by atoms with van der Waals surface area (Å²) in [6, 6.07) is 11.8. The van der Waals surface area contributed by atoms with Gasteiger partial charge in [-0.05, 0) is 29.8 Å². The summed E-state index contributed by atoms with van der Waals surface area (Å²) in [7, 11) is 1.67. The van der Waals surface area contributed by atoms with Crippen molar-refractivity contribution < 1.29 is 19.0 Å². The Balaban J connectivity index is 1.52. The fraction of sp³-hybridized carbons (Fsp3) is 0.429. The van der Waals surface area contributed by atoms with Crippen LogP contribution in [0, 0.1) is 0 Å². The maximum Gasteiger partial charge on any atom is 0.253 e. The van der Waals surface area contributed by atoms with E-state index in [4.69, 9.17) is 14.2 Å². The lowest BCUT2D eigenvalue weighted by atomic mass is 10.0. The van der Waals surface area contributed by atoms with Crippen LogP contribution in [0.25, 0.3) is 0 Å². The van der Waals surface area contributed by atoms with Gasteiger partial charge in [-0.15, -0.1) is 0 Å². The van der Waals surface area contributed by atoms with Crippen molar-refractivity contribution in [3.05, 3.63) is 54.4 Å². The third-order valence-corrected chi connectivity index (χ3v) is 5.18. The third kappa shape index (κ3) is 4.16. The summed E-state index contributed by atoms with van der Waals surface area (Å²) in [6.07, 6.45) is 3.41. The first-order valence-corrected chi connectivity index (χ1v) is 9.45. The molecule has 1 atom stereocenters. The molecule has 2 saturated heterocycles. The van der Waals surface area contributed by atoms with Crippen molar-refractivity contribution in [3.8, 4) is 5.75 Å². The Bertz CT molecular complexity index is 816. The minimum Gasteiger partial charge on any atom is -0.497 e. The van der Waals surface area contributed by atoms with E-state index in [0.29, 0.717) is 26.3 Å². The summed E-state index contributed by atoms with van der Waals surface area (Å²) in [4.78, 5) is 20.7. The fourth-order valence-electron chi connectivity index (χ4n) is 3.79. The molecule has 2 fully saturated rings. The first kappa shape index (κ1) is 18.9. The van der Waals surface area contributed by atoms with Gasteiger partial charge in [0.1, 0.15) is 18.0 Å². The molecule has 7 heteroatoms. The van der Waals surface area contributed by atoms with Crippen LogP contribution < -0.4 is 9.64 Å². The first-order valence-electron chi connectivity index (χ1n) is 9.45. The van der Waals surface area contributed by atoms with E-state index in [1.165, 1.54) is 5.56 Å². The summed E-state index contributed by atoms with van der Waals surface area (Å²) in [5.74, 6) is 0.794. The minimum absolute atomic E-state index is 0.0469. The Labute approximate surface area is 164 Å². The highest BCUT2D eigenvalue weighted by Gasteiger charge is 2.43. The van der Waals surface area contributed by atoms with Gasteiger partial charge in [-0.1, -0.05) is 12.1 Å². The van der Waals surface area contributed by atoms with E-state index in [0.717, 1.165) is 24.5 Å². The van der Waals surface area contributed by atoms with Crippen LogP contribution in [0.5, 0.6) is 5.75 Å². The number of morpholine rings is 1. The van der Waals surface area contributed by atoms with E-state index >= 15 is 0 Å². The highest BCUT2D eigenvalue weighted by molar-refractivity contribution is 5.95. The first-order chi connectivity index (χ1) is 13.7. The van der Waals surface area contributed by atoms with E-state index in [1.807, 2.05) is 30.3 Å². The number of hydrogen-bond donors (Lipinski definition) is 0. The summed E-state index contributed by atoms with van der Waals surface area (Å²) in [6.45, 7) is 3.86. The number of pyridine rings is 1. The molecule has 1 amide bonds. The molecule has 0 aliphatic carbocycles. The van der Waals surface area contributed by atoms with Crippen LogP contribution in [0.15, 0.2) is 48.8 Å². The average molecular weight is 383 g/mol. The van der Waals surface area contributed by atoms with Crippen LogP contribution in [0.1, 0.15) is 5.56 Å². The second-order valence-electron chi connectivity index (χ2n) is 7.28. The number of carbonyl (C=O) groups excluding carboxylic acids is 1. The van der Waals surface area contributed by atoms with Gasteiger partial charge in [0, 0.05) is 25.8 Å². The minimum atomic E-state index is -0.556. The van der Waals surface area contributed by atoms with Gasteiger partial charge in [-0.25, -0.2) is 0 Å². The molecule has 1 aromatic carbocycles. The predicted octanol–water partition coefficient (Wildman–Crippen LogP) is 1.72. The third-order valence-electron chi connectivity index (χ3n) is 5.18. The van der Waals surface area contributed by atoms with Crippen LogP contribution in [-0.2, 0) is 20.8 Å². The topological polar surface area (TPSA) is 64.1 Å². The van der Waals surface area contributed by atoms with Crippen molar-refractivity contribution in [3.63, 3.8) is 0 Å². The number of amides is 1. The molecule has 4 rings (SSSR count). The summed E-state index contributed by atoms with van der Waals surface area (Å²) in [5.41, 5.74) is 1.41. The van der Waals surface area contributed by atoms with Crippen molar-refractivity contribution in [1.82, 2.24) is 9.88 Å². The summed E-state index contributed by atoms with van der Waals surface area (Å²) >= 11 is 0. The van der Waals surface area contributed by atoms with E-state index in [9.17, 15) is 4.79 Å². The maximum absolute atomic E-state index is 12.5. The zero-order valence-corrected chi connectivity index (χ0v) is 16.0. The normalized spacial score (nSPS) is 23.6. The highest BCUT2D eigenvalue weighted by Crippen LogP contribution is 2.27. The van der Waals surface area contributed by atoms with Gasteiger partial charge in [0.2, 0.25) is 0 Å². The van der Waals surface area contributed by atoms with Gasteiger partial charge in [-0.3, -0.25) is 14.7 Å². The number of benzene rings is 1.